The number of primary amides is 1. The molecular weight excluding hydrogens is 485 g/mol. The van der Waals surface area contributed by atoms with Crippen molar-refractivity contribution in [3.8, 4) is 0 Å². The maximum Gasteiger partial charge on any atom is 0.325 e. The van der Waals surface area contributed by atoms with Crippen LogP contribution < -0.4 is 21.7 Å². The van der Waals surface area contributed by atoms with Crippen LogP contribution in [0.4, 0.5) is 15.8 Å². The summed E-state index contributed by atoms with van der Waals surface area (Å²) in [7, 11) is 0. The molecule has 3 aromatic rings. The molecule has 0 fully saturated rings. The molecule has 0 radical (unpaired) electrons. The summed E-state index contributed by atoms with van der Waals surface area (Å²) >= 11 is 1.84. The average molecular weight is 506 g/mol. The van der Waals surface area contributed by atoms with Crippen LogP contribution in [0.3, 0.4) is 0 Å². The molecule has 0 aliphatic rings. The third-order valence-electron chi connectivity index (χ3n) is 4.51. The number of halogens is 1. The molecule has 10 nitrogen and oxygen atoms in total. The lowest BCUT2D eigenvalue weighted by Crippen LogP contribution is -2.45. The standard InChI is InChI=1S/C21H20FN5O5S2/c1-2-32-14(28)10-25-20(30)17(13-4-3-9-33-13)27(12-7-5-11(22)6-8-12)21(31)18-15(23)16(19(24)29)26-34-18/h3-9,17H,2,10,23H2,1H3,(H2,24,29)(H,25,30). The number of nitrogens with two attached hydrogens (primary N) is 2. The number of nitrogen functional groups attached to an aromatic ring is 1. The molecule has 0 saturated carbocycles. The molecule has 1 unspecified atom stereocenters. The van der Waals surface area contributed by atoms with Crippen LogP contribution in [0.25, 0.3) is 0 Å². The first kappa shape index (κ1) is 24.8. The number of carbonyl (C=O) groups excluding carboxylic acids is 4. The Bertz CT molecular complexity index is 1200. The van der Waals surface area contributed by atoms with E-state index >= 15 is 0 Å². The summed E-state index contributed by atoms with van der Waals surface area (Å²) in [6.07, 6.45) is 0. The Hall–Kier alpha value is -3.84. The van der Waals surface area contributed by atoms with E-state index in [1.165, 1.54) is 23.5 Å². The maximum atomic E-state index is 13.7. The number of hydrogen-bond donors (Lipinski definition) is 3. The number of nitrogens with one attached hydrogen (secondary N) is 1. The third kappa shape index (κ3) is 5.38. The molecule has 2 heterocycles. The largest absolute Gasteiger partial charge is 0.465 e. The minimum absolute atomic E-state index is 0.127. The molecule has 5 N–H and O–H groups in total. The highest BCUT2D eigenvalue weighted by atomic mass is 32.1. The van der Waals surface area contributed by atoms with Gasteiger partial charge in [-0.05, 0) is 54.2 Å². The molecule has 0 saturated heterocycles. The van der Waals surface area contributed by atoms with Crippen molar-refractivity contribution >= 4 is 57.9 Å². The Labute approximate surface area is 201 Å². The van der Waals surface area contributed by atoms with Crippen molar-refractivity contribution in [2.24, 2.45) is 5.73 Å². The van der Waals surface area contributed by atoms with Crippen molar-refractivity contribution in [2.45, 2.75) is 13.0 Å². The average Bonchev–Trinajstić information content (AvgIpc) is 3.46. The molecule has 3 amide bonds. The minimum atomic E-state index is -1.26. The second-order valence-corrected chi connectivity index (χ2v) is 8.48. The number of anilines is 2. The monoisotopic (exact) mass is 505 g/mol. The molecule has 2 aromatic heterocycles. The first-order chi connectivity index (χ1) is 16.2. The van der Waals surface area contributed by atoms with E-state index in [4.69, 9.17) is 16.2 Å². The molecule has 0 aliphatic heterocycles. The summed E-state index contributed by atoms with van der Waals surface area (Å²) < 4.78 is 22.3. The van der Waals surface area contributed by atoms with Crippen LogP contribution in [0.5, 0.6) is 0 Å². The molecule has 3 rings (SSSR count). The number of amides is 3. The van der Waals surface area contributed by atoms with Gasteiger partial charge in [-0.15, -0.1) is 11.3 Å². The number of rotatable bonds is 9. The fourth-order valence-electron chi connectivity index (χ4n) is 3.01. The number of thiophene rings is 1. The number of carbonyl (C=O) groups is 4. The van der Waals surface area contributed by atoms with Gasteiger partial charge in [-0.25, -0.2) is 4.39 Å². The third-order valence-corrected chi connectivity index (χ3v) is 6.29. The van der Waals surface area contributed by atoms with E-state index in [1.807, 2.05) is 0 Å². The zero-order valence-corrected chi connectivity index (χ0v) is 19.5. The van der Waals surface area contributed by atoms with Gasteiger partial charge in [-0.3, -0.25) is 24.1 Å². The van der Waals surface area contributed by atoms with E-state index in [2.05, 4.69) is 9.69 Å². The van der Waals surface area contributed by atoms with E-state index in [0.717, 1.165) is 17.0 Å². The van der Waals surface area contributed by atoms with Gasteiger partial charge < -0.3 is 21.5 Å². The van der Waals surface area contributed by atoms with Crippen molar-refractivity contribution in [1.29, 1.82) is 0 Å². The SMILES string of the molecule is CCOC(=O)CNC(=O)C(c1cccs1)N(C(=O)c1snc(C(N)=O)c1N)c1ccc(F)cc1. The highest BCUT2D eigenvalue weighted by molar-refractivity contribution is 7.10. The zero-order valence-electron chi connectivity index (χ0n) is 17.8. The Morgan fingerprint density at radius 2 is 1.91 bits per heavy atom. The van der Waals surface area contributed by atoms with Crippen LogP contribution in [0, 0.1) is 5.82 Å². The van der Waals surface area contributed by atoms with Crippen LogP contribution in [-0.4, -0.2) is 41.2 Å². The fourth-order valence-corrected chi connectivity index (χ4v) is 4.57. The van der Waals surface area contributed by atoms with Gasteiger partial charge >= 0.3 is 5.97 Å². The molecule has 34 heavy (non-hydrogen) atoms. The van der Waals surface area contributed by atoms with E-state index < -0.39 is 42.1 Å². The highest BCUT2D eigenvalue weighted by Gasteiger charge is 2.36. The smallest absolute Gasteiger partial charge is 0.325 e. The zero-order chi connectivity index (χ0) is 24.8. The maximum absolute atomic E-state index is 13.7. The Morgan fingerprint density at radius 3 is 2.47 bits per heavy atom. The van der Waals surface area contributed by atoms with Crippen LogP contribution >= 0.6 is 22.9 Å². The molecule has 13 heteroatoms. The summed E-state index contributed by atoms with van der Waals surface area (Å²) in [5.74, 6) is -3.57. The summed E-state index contributed by atoms with van der Waals surface area (Å²) in [6, 6.07) is 6.95. The summed E-state index contributed by atoms with van der Waals surface area (Å²) in [5, 5.41) is 4.18. The van der Waals surface area contributed by atoms with Gasteiger partial charge in [0, 0.05) is 10.6 Å². The second-order valence-electron chi connectivity index (χ2n) is 6.73. The number of esters is 1. The predicted molar refractivity (Wildman–Crippen MR) is 125 cm³/mol. The highest BCUT2D eigenvalue weighted by Crippen LogP contribution is 2.34. The lowest BCUT2D eigenvalue weighted by Gasteiger charge is -2.30. The molecule has 1 atom stereocenters. The van der Waals surface area contributed by atoms with Crippen molar-refractivity contribution in [1.82, 2.24) is 9.69 Å². The van der Waals surface area contributed by atoms with Gasteiger partial charge in [-0.2, -0.15) is 4.37 Å². The normalized spacial score (nSPS) is 11.5. The Balaban J connectivity index is 2.08. The summed E-state index contributed by atoms with van der Waals surface area (Å²) in [4.78, 5) is 51.7. The molecule has 0 aliphatic carbocycles. The number of benzene rings is 1. The number of ether oxygens (including phenoxy) is 1. The fraction of sp³-hybridized carbons (Fsp3) is 0.190. The predicted octanol–water partition coefficient (Wildman–Crippen LogP) is 2.09. The Morgan fingerprint density at radius 1 is 1.21 bits per heavy atom. The van der Waals surface area contributed by atoms with E-state index in [-0.39, 0.29) is 28.6 Å². The van der Waals surface area contributed by atoms with Gasteiger partial charge in [0.25, 0.3) is 11.8 Å². The van der Waals surface area contributed by atoms with Crippen molar-refractivity contribution < 1.29 is 28.3 Å². The molecule has 0 spiro atoms. The van der Waals surface area contributed by atoms with Gasteiger partial charge in [0.15, 0.2) is 11.7 Å². The van der Waals surface area contributed by atoms with Crippen LogP contribution in [-0.2, 0) is 14.3 Å². The quantitative estimate of drug-likeness (QED) is 0.376. The van der Waals surface area contributed by atoms with E-state index in [1.54, 1.807) is 24.4 Å². The van der Waals surface area contributed by atoms with Crippen LogP contribution in [0.15, 0.2) is 41.8 Å². The Kier molecular flexibility index (Phi) is 7.91. The molecule has 178 valence electrons. The molecule has 1 aromatic carbocycles. The van der Waals surface area contributed by atoms with Gasteiger partial charge in [-0.1, -0.05) is 6.07 Å². The lowest BCUT2D eigenvalue weighted by atomic mass is 10.1. The van der Waals surface area contributed by atoms with Crippen molar-refractivity contribution in [3.05, 3.63) is 63.0 Å². The number of aromatic nitrogens is 1. The van der Waals surface area contributed by atoms with Crippen LogP contribution in [0.2, 0.25) is 0 Å². The first-order valence-corrected chi connectivity index (χ1v) is 11.5. The lowest BCUT2D eigenvalue weighted by molar-refractivity contribution is -0.143. The summed E-state index contributed by atoms with van der Waals surface area (Å²) in [5.41, 5.74) is 10.9. The van der Waals surface area contributed by atoms with Crippen LogP contribution in [0.1, 0.15) is 38.0 Å². The van der Waals surface area contributed by atoms with E-state index in [0.29, 0.717) is 16.4 Å². The summed E-state index contributed by atoms with van der Waals surface area (Å²) in [6.45, 7) is 1.34. The van der Waals surface area contributed by atoms with Gasteiger partial charge in [0.2, 0.25) is 5.91 Å². The van der Waals surface area contributed by atoms with Crippen molar-refractivity contribution in [3.63, 3.8) is 0 Å². The number of nitrogens with zero attached hydrogens (tertiary/aromatic N) is 2. The van der Waals surface area contributed by atoms with Crippen molar-refractivity contribution in [2.75, 3.05) is 23.8 Å². The topological polar surface area (TPSA) is 158 Å². The number of hydrogen-bond acceptors (Lipinski definition) is 9. The van der Waals surface area contributed by atoms with E-state index in [9.17, 15) is 23.6 Å². The first-order valence-electron chi connectivity index (χ1n) is 9.85. The molecular formula is C21H20FN5O5S2. The molecule has 0 bridgehead atoms. The van der Waals surface area contributed by atoms with Gasteiger partial charge in [0.05, 0.1) is 12.3 Å². The second kappa shape index (κ2) is 10.9. The minimum Gasteiger partial charge on any atom is -0.465 e. The van der Waals surface area contributed by atoms with Gasteiger partial charge in [0.1, 0.15) is 17.2 Å².